The van der Waals surface area contributed by atoms with Crippen LogP contribution in [0.5, 0.6) is 0 Å². The standard InChI is InChI=1S/C20H30N8O3/c1-26(2)20(30)24-14-6-5-8-28(12-14)15-11-22-17(18(21)29)19(25-15)23-13-7-9-27(3)16(10-13)31-4/h7,9-11,14,16H,5-6,8,12H2,1-4H3,(H2,21,29)(H,23,25)(H,24,30)/t14-,16?/m1/s1. The van der Waals surface area contributed by atoms with Crippen molar-refractivity contribution in [3.8, 4) is 0 Å². The highest BCUT2D eigenvalue weighted by molar-refractivity contribution is 5.96. The first kappa shape index (κ1) is 22.3. The van der Waals surface area contributed by atoms with Crippen LogP contribution >= 0.6 is 0 Å². The van der Waals surface area contributed by atoms with E-state index in [0.29, 0.717) is 18.1 Å². The highest BCUT2D eigenvalue weighted by atomic mass is 16.5. The molecule has 3 amide bonds. The summed E-state index contributed by atoms with van der Waals surface area (Å²) in [5, 5.41) is 6.16. The first-order valence-corrected chi connectivity index (χ1v) is 10.1. The quantitative estimate of drug-likeness (QED) is 0.597. The van der Waals surface area contributed by atoms with Gasteiger partial charge in [-0.1, -0.05) is 0 Å². The number of nitrogens with one attached hydrogen (secondary N) is 2. The van der Waals surface area contributed by atoms with Crippen LogP contribution in [0.2, 0.25) is 0 Å². The lowest BCUT2D eigenvalue weighted by Crippen LogP contribution is -2.50. The van der Waals surface area contributed by atoms with E-state index < -0.39 is 5.91 Å². The van der Waals surface area contributed by atoms with Crippen LogP contribution in [0.25, 0.3) is 0 Å². The molecule has 2 atom stereocenters. The van der Waals surface area contributed by atoms with Crippen molar-refractivity contribution < 1.29 is 14.3 Å². The number of carbonyl (C=O) groups excluding carboxylic acids is 2. The number of nitrogens with two attached hydrogens (primary N) is 1. The number of primary amides is 1. The molecule has 31 heavy (non-hydrogen) atoms. The molecule has 0 spiro atoms. The molecule has 0 radical (unpaired) electrons. The van der Waals surface area contributed by atoms with E-state index in [0.717, 1.165) is 19.4 Å². The molecular weight excluding hydrogens is 400 g/mol. The Morgan fingerprint density at radius 1 is 1.35 bits per heavy atom. The fourth-order valence-electron chi connectivity index (χ4n) is 3.47. The first-order chi connectivity index (χ1) is 14.8. The zero-order chi connectivity index (χ0) is 22.5. The number of amides is 3. The first-order valence-electron chi connectivity index (χ1n) is 10.1. The van der Waals surface area contributed by atoms with Crippen LogP contribution in [0.4, 0.5) is 16.4 Å². The molecule has 0 aromatic carbocycles. The minimum atomic E-state index is -0.669. The number of allylic oxidation sites excluding steroid dienone is 1. The number of urea groups is 1. The minimum absolute atomic E-state index is 0.000314. The summed E-state index contributed by atoms with van der Waals surface area (Å²) in [5.41, 5.74) is 6.28. The molecule has 1 saturated heterocycles. The average Bonchev–Trinajstić information content (AvgIpc) is 2.75. The average molecular weight is 431 g/mol. The van der Waals surface area contributed by atoms with E-state index in [1.54, 1.807) is 21.2 Å². The second kappa shape index (κ2) is 9.65. The molecular formula is C20H30N8O3. The van der Waals surface area contributed by atoms with Crippen molar-refractivity contribution >= 4 is 23.6 Å². The van der Waals surface area contributed by atoms with Crippen molar-refractivity contribution in [1.29, 1.82) is 0 Å². The number of likely N-dealkylation sites (N-methyl/N-ethyl adjacent to an activating group) is 1. The molecule has 11 heteroatoms. The number of nitrogens with zero attached hydrogens (tertiary/aromatic N) is 5. The molecule has 168 valence electrons. The molecule has 3 rings (SSSR count). The van der Waals surface area contributed by atoms with Gasteiger partial charge in [0.25, 0.3) is 5.91 Å². The Balaban J connectivity index is 1.81. The highest BCUT2D eigenvalue weighted by Gasteiger charge is 2.25. The van der Waals surface area contributed by atoms with Gasteiger partial charge < -0.3 is 35.8 Å². The lowest BCUT2D eigenvalue weighted by Gasteiger charge is -2.34. The molecule has 3 heterocycles. The Labute approximate surface area is 181 Å². The third-order valence-electron chi connectivity index (χ3n) is 5.19. The van der Waals surface area contributed by atoms with Crippen LogP contribution in [-0.4, -0.2) is 85.3 Å². The molecule has 1 fully saturated rings. The Morgan fingerprint density at radius 3 is 2.81 bits per heavy atom. The number of piperidine rings is 1. The molecule has 2 aliphatic heterocycles. The van der Waals surface area contributed by atoms with Gasteiger partial charge in [0.1, 0.15) is 5.82 Å². The van der Waals surface area contributed by atoms with Crippen LogP contribution in [-0.2, 0) is 4.74 Å². The maximum Gasteiger partial charge on any atom is 0.317 e. The number of rotatable bonds is 6. The summed E-state index contributed by atoms with van der Waals surface area (Å²) < 4.78 is 5.41. The number of carbonyl (C=O) groups is 2. The summed E-state index contributed by atoms with van der Waals surface area (Å²) >= 11 is 0. The monoisotopic (exact) mass is 430 g/mol. The van der Waals surface area contributed by atoms with E-state index in [2.05, 4.69) is 20.6 Å². The van der Waals surface area contributed by atoms with Gasteiger partial charge in [0.15, 0.2) is 17.7 Å². The predicted molar refractivity (Wildman–Crippen MR) is 117 cm³/mol. The Morgan fingerprint density at radius 2 is 2.13 bits per heavy atom. The third kappa shape index (κ3) is 5.43. The van der Waals surface area contributed by atoms with E-state index in [9.17, 15) is 9.59 Å². The summed E-state index contributed by atoms with van der Waals surface area (Å²) in [6, 6.07) is -0.127. The van der Waals surface area contributed by atoms with Crippen molar-refractivity contribution in [3.63, 3.8) is 0 Å². The van der Waals surface area contributed by atoms with Crippen molar-refractivity contribution in [2.75, 3.05) is 51.6 Å². The molecule has 0 saturated carbocycles. The predicted octanol–water partition coefficient (Wildman–Crippen LogP) is 0.543. The van der Waals surface area contributed by atoms with Crippen LogP contribution in [0, 0.1) is 0 Å². The summed E-state index contributed by atoms with van der Waals surface area (Å²) in [7, 11) is 6.94. The number of aromatic nitrogens is 2. The van der Waals surface area contributed by atoms with E-state index in [1.807, 2.05) is 35.2 Å². The number of ether oxygens (including phenoxy) is 1. The minimum Gasteiger partial charge on any atom is -0.364 e. The number of hydrogen-bond donors (Lipinski definition) is 3. The third-order valence-corrected chi connectivity index (χ3v) is 5.19. The molecule has 0 aliphatic carbocycles. The molecule has 11 nitrogen and oxygen atoms in total. The second-order valence-electron chi connectivity index (χ2n) is 7.77. The van der Waals surface area contributed by atoms with Gasteiger partial charge in [-0.3, -0.25) is 4.79 Å². The summed E-state index contributed by atoms with van der Waals surface area (Å²) in [6.45, 7) is 1.38. The van der Waals surface area contributed by atoms with Crippen molar-refractivity contribution in [1.82, 2.24) is 25.1 Å². The normalized spacial score (nSPS) is 20.8. The van der Waals surface area contributed by atoms with Gasteiger partial charge in [0.2, 0.25) is 0 Å². The maximum absolute atomic E-state index is 12.0. The van der Waals surface area contributed by atoms with Gasteiger partial charge in [-0.2, -0.15) is 0 Å². The SMILES string of the molecule is COC1C=C(Nc2nc(N3CCC[C@@H](NC(=O)N(C)C)C3)cnc2C(N)=O)C=CN1C. The lowest BCUT2D eigenvalue weighted by molar-refractivity contribution is 0.0440. The number of hydrogen-bond acceptors (Lipinski definition) is 8. The second-order valence-corrected chi connectivity index (χ2v) is 7.77. The largest absolute Gasteiger partial charge is 0.364 e. The fraction of sp³-hybridized carbons (Fsp3) is 0.500. The van der Waals surface area contributed by atoms with Crippen LogP contribution in [0.15, 0.2) is 30.2 Å². The molecule has 2 aliphatic rings. The molecule has 4 N–H and O–H groups in total. The summed E-state index contributed by atoms with van der Waals surface area (Å²) in [4.78, 5) is 38.3. The van der Waals surface area contributed by atoms with E-state index >= 15 is 0 Å². The molecule has 0 bridgehead atoms. The number of anilines is 2. The van der Waals surface area contributed by atoms with E-state index in [-0.39, 0.29) is 29.8 Å². The van der Waals surface area contributed by atoms with Gasteiger partial charge in [0, 0.05) is 59.3 Å². The van der Waals surface area contributed by atoms with Gasteiger partial charge >= 0.3 is 6.03 Å². The Bertz CT molecular complexity index is 885. The van der Waals surface area contributed by atoms with Crippen molar-refractivity contribution in [3.05, 3.63) is 35.9 Å². The smallest absolute Gasteiger partial charge is 0.317 e. The van der Waals surface area contributed by atoms with Gasteiger partial charge in [-0.25, -0.2) is 14.8 Å². The van der Waals surface area contributed by atoms with E-state index in [1.165, 1.54) is 11.1 Å². The lowest BCUT2D eigenvalue weighted by atomic mass is 10.1. The molecule has 1 unspecified atom stereocenters. The van der Waals surface area contributed by atoms with Crippen molar-refractivity contribution in [2.24, 2.45) is 5.73 Å². The summed E-state index contributed by atoms with van der Waals surface area (Å²) in [5.74, 6) is 0.217. The summed E-state index contributed by atoms with van der Waals surface area (Å²) in [6.07, 6.45) is 8.66. The van der Waals surface area contributed by atoms with Crippen LogP contribution in [0.1, 0.15) is 23.3 Å². The Hall–Kier alpha value is -3.34. The zero-order valence-electron chi connectivity index (χ0n) is 18.3. The molecule has 1 aromatic heterocycles. The zero-order valence-corrected chi connectivity index (χ0v) is 18.3. The fourth-order valence-corrected chi connectivity index (χ4v) is 3.47. The van der Waals surface area contributed by atoms with Crippen LogP contribution < -0.4 is 21.3 Å². The van der Waals surface area contributed by atoms with Gasteiger partial charge in [-0.05, 0) is 25.0 Å². The maximum atomic E-state index is 12.0. The van der Waals surface area contributed by atoms with Gasteiger partial charge in [-0.15, -0.1) is 0 Å². The van der Waals surface area contributed by atoms with Crippen LogP contribution in [0.3, 0.4) is 0 Å². The van der Waals surface area contributed by atoms with Crippen molar-refractivity contribution in [2.45, 2.75) is 25.1 Å². The number of methoxy groups -OCH3 is 1. The topological polar surface area (TPSA) is 129 Å². The molecule has 1 aromatic rings. The highest BCUT2D eigenvalue weighted by Crippen LogP contribution is 2.23. The van der Waals surface area contributed by atoms with Gasteiger partial charge in [0.05, 0.1) is 6.20 Å². The Kier molecular flexibility index (Phi) is 6.95. The van der Waals surface area contributed by atoms with E-state index in [4.69, 9.17) is 10.5 Å².